The van der Waals surface area contributed by atoms with Crippen LogP contribution in [0.3, 0.4) is 0 Å². The largest absolute Gasteiger partial charge is 0.332 e. The quantitative estimate of drug-likeness (QED) is 0.844. The molecule has 1 aliphatic heterocycles. The van der Waals surface area contributed by atoms with Crippen molar-refractivity contribution in [1.29, 1.82) is 5.26 Å². The van der Waals surface area contributed by atoms with Gasteiger partial charge in [0.25, 0.3) is 5.91 Å². The average Bonchev–Trinajstić information content (AvgIpc) is 3.16. The molecular weight excluding hydrogens is 268 g/mol. The first-order valence-corrected chi connectivity index (χ1v) is 7.57. The third-order valence-corrected chi connectivity index (χ3v) is 4.40. The van der Waals surface area contributed by atoms with Crippen LogP contribution in [0.15, 0.2) is 41.1 Å². The number of hydrogen-bond acceptors (Lipinski definition) is 3. The van der Waals surface area contributed by atoms with Crippen molar-refractivity contribution in [2.45, 2.75) is 18.9 Å². The zero-order chi connectivity index (χ0) is 13.9. The van der Waals surface area contributed by atoms with Crippen LogP contribution < -0.4 is 0 Å². The van der Waals surface area contributed by atoms with Crippen LogP contribution in [0.5, 0.6) is 0 Å². The first kappa shape index (κ1) is 12.9. The van der Waals surface area contributed by atoms with Crippen molar-refractivity contribution in [1.82, 2.24) is 4.90 Å². The van der Waals surface area contributed by atoms with Crippen LogP contribution in [0.1, 0.15) is 40.4 Å². The summed E-state index contributed by atoms with van der Waals surface area (Å²) < 4.78 is 0. The predicted molar refractivity (Wildman–Crippen MR) is 78.5 cm³/mol. The Balaban J connectivity index is 1.84. The Kier molecular flexibility index (Phi) is 3.53. The molecule has 1 amide bonds. The Morgan fingerprint density at radius 3 is 2.75 bits per heavy atom. The Morgan fingerprint density at radius 1 is 1.30 bits per heavy atom. The van der Waals surface area contributed by atoms with Crippen molar-refractivity contribution >= 4 is 17.2 Å². The van der Waals surface area contributed by atoms with Crippen molar-refractivity contribution < 1.29 is 4.79 Å². The van der Waals surface area contributed by atoms with E-state index in [-0.39, 0.29) is 11.9 Å². The number of nitrogens with zero attached hydrogens (tertiary/aromatic N) is 2. The van der Waals surface area contributed by atoms with Gasteiger partial charge in [0, 0.05) is 12.1 Å². The number of nitriles is 1. The first-order chi connectivity index (χ1) is 9.79. The number of hydrogen-bond donors (Lipinski definition) is 0. The van der Waals surface area contributed by atoms with Gasteiger partial charge in [0.1, 0.15) is 0 Å². The van der Waals surface area contributed by atoms with Gasteiger partial charge in [-0.05, 0) is 59.5 Å². The third kappa shape index (κ3) is 2.33. The lowest BCUT2D eigenvalue weighted by Gasteiger charge is -2.24. The second kappa shape index (κ2) is 5.48. The van der Waals surface area contributed by atoms with Crippen LogP contribution in [-0.2, 0) is 0 Å². The van der Waals surface area contributed by atoms with Gasteiger partial charge in [0.2, 0.25) is 0 Å². The fourth-order valence-electron chi connectivity index (χ4n) is 2.67. The highest BCUT2D eigenvalue weighted by Crippen LogP contribution is 2.34. The van der Waals surface area contributed by atoms with Crippen LogP contribution >= 0.6 is 11.3 Å². The van der Waals surface area contributed by atoms with Crippen LogP contribution in [0.25, 0.3) is 0 Å². The molecule has 0 spiro atoms. The van der Waals surface area contributed by atoms with Crippen LogP contribution in [0.2, 0.25) is 0 Å². The van der Waals surface area contributed by atoms with Gasteiger partial charge in [0.15, 0.2) is 0 Å². The van der Waals surface area contributed by atoms with Crippen LogP contribution in [0.4, 0.5) is 0 Å². The van der Waals surface area contributed by atoms with Gasteiger partial charge >= 0.3 is 0 Å². The van der Waals surface area contributed by atoms with Crippen molar-refractivity contribution in [3.05, 3.63) is 57.8 Å². The van der Waals surface area contributed by atoms with Crippen LogP contribution in [-0.4, -0.2) is 17.4 Å². The second-order valence-electron chi connectivity index (χ2n) is 4.90. The maximum absolute atomic E-state index is 12.6. The number of benzene rings is 1. The SMILES string of the molecule is N#Cc1ccc(C(=O)N2CCC[C@@H]2c2ccsc2)cc1. The number of thiophene rings is 1. The Bertz CT molecular complexity index is 640. The second-order valence-corrected chi connectivity index (χ2v) is 5.68. The number of amides is 1. The third-order valence-electron chi connectivity index (χ3n) is 3.70. The molecule has 1 aromatic carbocycles. The zero-order valence-corrected chi connectivity index (χ0v) is 11.8. The van der Waals surface area contributed by atoms with Gasteiger partial charge in [-0.2, -0.15) is 16.6 Å². The molecule has 0 aliphatic carbocycles. The van der Waals surface area contributed by atoms with E-state index >= 15 is 0 Å². The van der Waals surface area contributed by atoms with E-state index < -0.39 is 0 Å². The summed E-state index contributed by atoms with van der Waals surface area (Å²) >= 11 is 1.67. The minimum atomic E-state index is 0.0585. The molecule has 100 valence electrons. The minimum absolute atomic E-state index is 0.0585. The highest BCUT2D eigenvalue weighted by Gasteiger charge is 2.30. The molecule has 1 aromatic heterocycles. The summed E-state index contributed by atoms with van der Waals surface area (Å²) in [5.41, 5.74) is 2.47. The molecule has 1 aliphatic rings. The van der Waals surface area contributed by atoms with Crippen molar-refractivity contribution in [3.8, 4) is 6.07 Å². The van der Waals surface area contributed by atoms with E-state index in [2.05, 4.69) is 22.9 Å². The normalized spacial score (nSPS) is 17.9. The minimum Gasteiger partial charge on any atom is -0.332 e. The average molecular weight is 282 g/mol. The summed E-state index contributed by atoms with van der Waals surface area (Å²) in [5.74, 6) is 0.0585. The van der Waals surface area contributed by atoms with Crippen molar-refractivity contribution in [3.63, 3.8) is 0 Å². The highest BCUT2D eigenvalue weighted by atomic mass is 32.1. The molecule has 20 heavy (non-hydrogen) atoms. The maximum Gasteiger partial charge on any atom is 0.254 e. The number of rotatable bonds is 2. The van der Waals surface area contributed by atoms with E-state index in [9.17, 15) is 4.79 Å². The Labute approximate surface area is 122 Å². The van der Waals surface area contributed by atoms with E-state index in [1.54, 1.807) is 35.6 Å². The van der Waals surface area contributed by atoms with Gasteiger partial charge in [-0.25, -0.2) is 0 Å². The zero-order valence-electron chi connectivity index (χ0n) is 11.0. The molecule has 1 saturated heterocycles. The van der Waals surface area contributed by atoms with Gasteiger partial charge < -0.3 is 4.90 Å². The van der Waals surface area contributed by atoms with Gasteiger partial charge in [-0.1, -0.05) is 0 Å². The van der Waals surface area contributed by atoms with E-state index in [1.807, 2.05) is 4.90 Å². The molecule has 2 heterocycles. The maximum atomic E-state index is 12.6. The molecule has 3 nitrogen and oxygen atoms in total. The molecule has 0 N–H and O–H groups in total. The number of carbonyl (C=O) groups excluding carboxylic acids is 1. The summed E-state index contributed by atoms with van der Waals surface area (Å²) in [6, 6.07) is 11.2. The molecule has 1 fully saturated rings. The van der Waals surface area contributed by atoms with E-state index in [0.717, 1.165) is 19.4 Å². The topological polar surface area (TPSA) is 44.1 Å². The molecule has 0 unspecified atom stereocenters. The van der Waals surface area contributed by atoms with E-state index in [1.165, 1.54) is 5.56 Å². The van der Waals surface area contributed by atoms with E-state index in [0.29, 0.717) is 11.1 Å². The standard InChI is InChI=1S/C16H14N2OS/c17-10-12-3-5-13(6-4-12)16(19)18-8-1-2-15(18)14-7-9-20-11-14/h3-7,9,11,15H,1-2,8H2/t15-/m1/s1. The lowest BCUT2D eigenvalue weighted by Crippen LogP contribution is -2.30. The summed E-state index contributed by atoms with van der Waals surface area (Å²) in [6.45, 7) is 0.805. The lowest BCUT2D eigenvalue weighted by molar-refractivity contribution is 0.0736. The predicted octanol–water partition coefficient (Wildman–Crippen LogP) is 3.60. The monoisotopic (exact) mass is 282 g/mol. The molecular formula is C16H14N2OS. The lowest BCUT2D eigenvalue weighted by atomic mass is 10.1. The molecule has 1 atom stereocenters. The molecule has 4 heteroatoms. The summed E-state index contributed by atoms with van der Waals surface area (Å²) in [4.78, 5) is 14.5. The smallest absolute Gasteiger partial charge is 0.254 e. The number of carbonyl (C=O) groups is 1. The summed E-state index contributed by atoms with van der Waals surface area (Å²) in [5, 5.41) is 13.0. The first-order valence-electron chi connectivity index (χ1n) is 6.63. The Hall–Kier alpha value is -2.12. The molecule has 2 aromatic rings. The molecule has 3 rings (SSSR count). The van der Waals surface area contributed by atoms with Gasteiger partial charge in [-0.15, -0.1) is 0 Å². The molecule has 0 saturated carbocycles. The number of likely N-dealkylation sites (tertiary alicyclic amines) is 1. The van der Waals surface area contributed by atoms with Gasteiger partial charge in [-0.3, -0.25) is 4.79 Å². The van der Waals surface area contributed by atoms with Crippen LogP contribution in [0, 0.1) is 11.3 Å². The Morgan fingerprint density at radius 2 is 2.10 bits per heavy atom. The van der Waals surface area contributed by atoms with Gasteiger partial charge in [0.05, 0.1) is 17.7 Å². The van der Waals surface area contributed by atoms with E-state index in [4.69, 9.17) is 5.26 Å². The fraction of sp³-hybridized carbons (Fsp3) is 0.250. The highest BCUT2D eigenvalue weighted by molar-refractivity contribution is 7.07. The summed E-state index contributed by atoms with van der Waals surface area (Å²) in [7, 11) is 0. The molecule has 0 radical (unpaired) electrons. The van der Waals surface area contributed by atoms with Crippen molar-refractivity contribution in [2.24, 2.45) is 0 Å². The fourth-order valence-corrected chi connectivity index (χ4v) is 3.38. The molecule has 0 bridgehead atoms. The van der Waals surface area contributed by atoms with Crippen molar-refractivity contribution in [2.75, 3.05) is 6.54 Å². The summed E-state index contributed by atoms with van der Waals surface area (Å²) in [6.07, 6.45) is 2.07.